The van der Waals surface area contributed by atoms with Crippen LogP contribution in [0.3, 0.4) is 0 Å². The highest BCUT2D eigenvalue weighted by molar-refractivity contribution is 7.71. The summed E-state index contributed by atoms with van der Waals surface area (Å²) in [5.41, 5.74) is 1.05. The van der Waals surface area contributed by atoms with Crippen LogP contribution in [0.4, 0.5) is 0 Å². The lowest BCUT2D eigenvalue weighted by molar-refractivity contribution is -0.148. The van der Waals surface area contributed by atoms with Gasteiger partial charge in [0.1, 0.15) is 6.42 Å². The van der Waals surface area contributed by atoms with E-state index in [0.717, 1.165) is 5.37 Å². The highest BCUT2D eigenvalue weighted by atomic mass is 32.2. The molecule has 0 fully saturated rings. The van der Waals surface area contributed by atoms with Crippen molar-refractivity contribution in [3.8, 4) is 0 Å². The van der Waals surface area contributed by atoms with Crippen molar-refractivity contribution < 1.29 is 22.7 Å². The number of ether oxygens (including phenoxy) is 1. The van der Waals surface area contributed by atoms with Gasteiger partial charge in [0, 0.05) is 0 Å². The van der Waals surface area contributed by atoms with Crippen LogP contribution < -0.4 is 0 Å². The van der Waals surface area contributed by atoms with E-state index in [4.69, 9.17) is 4.74 Å². The van der Waals surface area contributed by atoms with Crippen molar-refractivity contribution in [1.82, 2.24) is 0 Å². The molecule has 0 aliphatic rings. The van der Waals surface area contributed by atoms with E-state index in [0.29, 0.717) is 11.1 Å². The zero-order valence-electron chi connectivity index (χ0n) is 11.8. The van der Waals surface area contributed by atoms with Gasteiger partial charge in [-0.3, -0.25) is 9.59 Å². The summed E-state index contributed by atoms with van der Waals surface area (Å²) < 4.78 is 26.3. The summed E-state index contributed by atoms with van der Waals surface area (Å²) in [6.45, 7) is 3.40. The molecule has 21 heavy (non-hydrogen) atoms. The van der Waals surface area contributed by atoms with E-state index < -0.39 is 22.0 Å². The second-order valence-electron chi connectivity index (χ2n) is 4.52. The molecule has 0 amide bonds. The Balaban J connectivity index is 2.79. The maximum Gasteiger partial charge on any atom is 0.313 e. The molecule has 5 nitrogen and oxygen atoms in total. The fourth-order valence-electron chi connectivity index (χ4n) is 1.56. The number of allylic oxidation sites excluding steroid dienone is 1. The first-order chi connectivity index (χ1) is 9.88. The summed E-state index contributed by atoms with van der Waals surface area (Å²) in [6, 6.07) is 6.71. The van der Waals surface area contributed by atoms with Gasteiger partial charge in [-0.1, -0.05) is 30.3 Å². The van der Waals surface area contributed by atoms with Crippen LogP contribution >= 0.6 is 0 Å². The van der Waals surface area contributed by atoms with Gasteiger partial charge in [0.25, 0.3) is 0 Å². The van der Waals surface area contributed by atoms with Gasteiger partial charge in [-0.15, -0.1) is 0 Å². The Labute approximate surface area is 124 Å². The molecule has 0 aliphatic heterocycles. The Morgan fingerprint density at radius 3 is 2.38 bits per heavy atom. The molecule has 0 bridgehead atoms. The van der Waals surface area contributed by atoms with E-state index in [1.54, 1.807) is 38.1 Å². The molecule has 0 radical (unpaired) electrons. The highest BCUT2D eigenvalue weighted by Crippen LogP contribution is 2.09. The number of hydrogen-bond donors (Lipinski definition) is 0. The van der Waals surface area contributed by atoms with E-state index >= 15 is 0 Å². The van der Waals surface area contributed by atoms with Gasteiger partial charge < -0.3 is 4.74 Å². The molecule has 0 aromatic heterocycles. The van der Waals surface area contributed by atoms with Crippen molar-refractivity contribution in [2.45, 2.75) is 26.4 Å². The molecule has 0 unspecified atom stereocenters. The van der Waals surface area contributed by atoms with Gasteiger partial charge >= 0.3 is 5.97 Å². The number of carbonyl (C=O) groups is 2. The summed E-state index contributed by atoms with van der Waals surface area (Å²) in [6.07, 6.45) is 2.11. The SMILES string of the molecule is CC(C)OC(=O)CC(=O)C=Cc1ccccc1C=S(=O)=O. The number of rotatable bonds is 6. The van der Waals surface area contributed by atoms with Gasteiger partial charge in [-0.2, -0.15) is 8.42 Å². The number of benzene rings is 1. The third-order valence-corrected chi connectivity index (χ3v) is 2.80. The largest absolute Gasteiger partial charge is 0.463 e. The minimum atomic E-state index is -2.32. The number of ketones is 1. The average molecular weight is 308 g/mol. The minimum absolute atomic E-state index is 0.267. The molecule has 0 spiro atoms. The van der Waals surface area contributed by atoms with Crippen LogP contribution in [0.25, 0.3) is 6.08 Å². The zero-order chi connectivity index (χ0) is 15.8. The van der Waals surface area contributed by atoms with Gasteiger partial charge in [0.2, 0.25) is 10.3 Å². The van der Waals surface area contributed by atoms with Crippen molar-refractivity contribution >= 4 is 33.5 Å². The van der Waals surface area contributed by atoms with Crippen molar-refractivity contribution in [3.05, 3.63) is 41.5 Å². The summed E-state index contributed by atoms with van der Waals surface area (Å²) in [4.78, 5) is 22.9. The number of hydrogen-bond acceptors (Lipinski definition) is 5. The summed E-state index contributed by atoms with van der Waals surface area (Å²) in [5.74, 6) is -0.987. The molecule has 0 N–H and O–H groups in total. The average Bonchev–Trinajstić information content (AvgIpc) is 2.35. The first-order valence-electron chi connectivity index (χ1n) is 6.31. The Morgan fingerprint density at radius 2 is 1.81 bits per heavy atom. The topological polar surface area (TPSA) is 77.5 Å². The van der Waals surface area contributed by atoms with Crippen molar-refractivity contribution in [2.75, 3.05) is 0 Å². The molecule has 1 aromatic carbocycles. The normalized spacial score (nSPS) is 10.6. The first kappa shape index (κ1) is 16.8. The first-order valence-corrected chi connectivity index (χ1v) is 7.44. The van der Waals surface area contributed by atoms with Crippen molar-refractivity contribution in [3.63, 3.8) is 0 Å². The van der Waals surface area contributed by atoms with E-state index in [1.807, 2.05) is 0 Å². The van der Waals surface area contributed by atoms with Crippen LogP contribution in [0.15, 0.2) is 30.3 Å². The summed E-state index contributed by atoms with van der Waals surface area (Å²) in [7, 11) is -2.32. The van der Waals surface area contributed by atoms with Gasteiger partial charge in [-0.05, 0) is 31.1 Å². The zero-order valence-corrected chi connectivity index (χ0v) is 12.6. The quantitative estimate of drug-likeness (QED) is 0.345. The van der Waals surface area contributed by atoms with Crippen LogP contribution in [0, 0.1) is 0 Å². The van der Waals surface area contributed by atoms with Crippen molar-refractivity contribution in [1.29, 1.82) is 0 Å². The van der Waals surface area contributed by atoms with E-state index in [9.17, 15) is 18.0 Å². The second kappa shape index (κ2) is 8.16. The molecule has 1 rings (SSSR count). The molecule has 0 saturated carbocycles. The summed E-state index contributed by atoms with van der Waals surface area (Å²) in [5, 5.41) is 1.05. The fraction of sp³-hybridized carbons (Fsp3) is 0.267. The molecule has 0 atom stereocenters. The highest BCUT2D eigenvalue weighted by Gasteiger charge is 2.09. The molecular weight excluding hydrogens is 292 g/mol. The monoisotopic (exact) mass is 308 g/mol. The lowest BCUT2D eigenvalue weighted by atomic mass is 10.1. The Hall–Kier alpha value is -2.21. The van der Waals surface area contributed by atoms with Crippen LogP contribution in [0.1, 0.15) is 31.4 Å². The molecular formula is C15H16O5S. The third kappa shape index (κ3) is 6.67. The number of carbonyl (C=O) groups excluding carboxylic acids is 2. The van der Waals surface area contributed by atoms with Gasteiger partial charge in [0.15, 0.2) is 5.78 Å². The Kier molecular flexibility index (Phi) is 6.55. The van der Waals surface area contributed by atoms with Crippen LogP contribution in [-0.2, 0) is 24.6 Å². The maximum absolute atomic E-state index is 11.6. The molecule has 6 heteroatoms. The molecule has 0 saturated heterocycles. The standard InChI is InChI=1S/C15H16O5S/c1-11(2)20-15(17)9-14(16)8-7-12-5-3-4-6-13(12)10-21(18)19/h3-8,10-11H,9H2,1-2H3. The third-order valence-electron chi connectivity index (χ3n) is 2.35. The van der Waals surface area contributed by atoms with E-state index in [2.05, 4.69) is 0 Å². The Morgan fingerprint density at radius 1 is 1.19 bits per heavy atom. The predicted molar refractivity (Wildman–Crippen MR) is 80.4 cm³/mol. The Bertz CT molecular complexity index is 676. The molecule has 0 heterocycles. The second-order valence-corrected chi connectivity index (χ2v) is 5.28. The molecule has 0 aliphatic carbocycles. The maximum atomic E-state index is 11.6. The lowest BCUT2D eigenvalue weighted by Crippen LogP contribution is -2.14. The smallest absolute Gasteiger partial charge is 0.313 e. The van der Waals surface area contributed by atoms with Crippen LogP contribution in [0.2, 0.25) is 0 Å². The summed E-state index contributed by atoms with van der Waals surface area (Å²) >= 11 is 0. The fourth-order valence-corrected chi connectivity index (χ4v) is 1.98. The molecule has 112 valence electrons. The molecule has 1 aromatic rings. The predicted octanol–water partition coefficient (Wildman–Crippen LogP) is 1.64. The van der Waals surface area contributed by atoms with E-state index in [1.165, 1.54) is 12.2 Å². The van der Waals surface area contributed by atoms with Crippen LogP contribution in [-0.4, -0.2) is 31.6 Å². The lowest BCUT2D eigenvalue weighted by Gasteiger charge is -2.05. The number of esters is 1. The van der Waals surface area contributed by atoms with E-state index in [-0.39, 0.29) is 12.5 Å². The minimum Gasteiger partial charge on any atom is -0.463 e. The van der Waals surface area contributed by atoms with Crippen LogP contribution in [0.5, 0.6) is 0 Å². The van der Waals surface area contributed by atoms with Crippen molar-refractivity contribution in [2.24, 2.45) is 0 Å². The van der Waals surface area contributed by atoms with Gasteiger partial charge in [0.05, 0.1) is 11.5 Å². The van der Waals surface area contributed by atoms with Gasteiger partial charge in [-0.25, -0.2) is 0 Å².